The summed E-state index contributed by atoms with van der Waals surface area (Å²) in [5.74, 6) is 1.64. The zero-order valence-corrected chi connectivity index (χ0v) is 12.7. The molecule has 0 saturated carbocycles. The fourth-order valence-corrected chi connectivity index (χ4v) is 2.32. The Morgan fingerprint density at radius 2 is 2.19 bits per heavy atom. The van der Waals surface area contributed by atoms with Crippen molar-refractivity contribution in [2.24, 2.45) is 13.0 Å². The van der Waals surface area contributed by atoms with Crippen molar-refractivity contribution in [2.45, 2.75) is 26.8 Å². The van der Waals surface area contributed by atoms with Crippen molar-refractivity contribution in [3.8, 4) is 6.07 Å². The van der Waals surface area contributed by atoms with Crippen molar-refractivity contribution in [2.75, 3.05) is 18.8 Å². The summed E-state index contributed by atoms with van der Waals surface area (Å²) < 4.78 is 1.69. The van der Waals surface area contributed by atoms with Gasteiger partial charge in [0, 0.05) is 26.6 Å². The number of anilines is 1. The number of hydrogen-bond acceptors (Lipinski definition) is 6. The highest BCUT2D eigenvalue weighted by Crippen LogP contribution is 2.17. The third-order valence-electron chi connectivity index (χ3n) is 3.20. The maximum Gasteiger partial charge on any atom is 0.163 e. The molecule has 0 radical (unpaired) electrons. The highest BCUT2D eigenvalue weighted by atomic mass is 15.3. The van der Waals surface area contributed by atoms with Crippen molar-refractivity contribution in [1.82, 2.24) is 24.6 Å². The summed E-state index contributed by atoms with van der Waals surface area (Å²) in [6.45, 7) is 6.50. The van der Waals surface area contributed by atoms with Gasteiger partial charge in [0.25, 0.3) is 0 Å². The van der Waals surface area contributed by atoms with E-state index in [2.05, 4.69) is 39.9 Å². The topological polar surface area (TPSA) is 96.6 Å². The van der Waals surface area contributed by atoms with Crippen LogP contribution in [0.4, 0.5) is 5.82 Å². The predicted molar refractivity (Wildman–Crippen MR) is 81.1 cm³/mol. The fraction of sp³-hybridized carbons (Fsp3) is 0.571. The van der Waals surface area contributed by atoms with Crippen LogP contribution in [0.2, 0.25) is 0 Å². The van der Waals surface area contributed by atoms with Gasteiger partial charge in [-0.2, -0.15) is 10.4 Å². The van der Waals surface area contributed by atoms with Crippen LogP contribution in [-0.2, 0) is 13.6 Å². The van der Waals surface area contributed by atoms with Crippen LogP contribution in [0.25, 0.3) is 11.0 Å². The summed E-state index contributed by atoms with van der Waals surface area (Å²) in [5.41, 5.74) is 6.71. The number of nitrogens with two attached hydrogens (primary N) is 1. The molecule has 0 unspecified atom stereocenters. The largest absolute Gasteiger partial charge is 0.383 e. The van der Waals surface area contributed by atoms with E-state index in [0.29, 0.717) is 37.1 Å². The quantitative estimate of drug-likeness (QED) is 0.860. The van der Waals surface area contributed by atoms with Gasteiger partial charge in [-0.3, -0.25) is 9.58 Å². The molecule has 0 aliphatic rings. The Kier molecular flexibility index (Phi) is 4.70. The Morgan fingerprint density at radius 1 is 1.43 bits per heavy atom. The maximum absolute atomic E-state index is 8.77. The average molecular weight is 287 g/mol. The third kappa shape index (κ3) is 3.67. The molecule has 0 bridgehead atoms. The van der Waals surface area contributed by atoms with Gasteiger partial charge in [-0.05, 0) is 5.92 Å². The molecule has 0 aromatic carbocycles. The summed E-state index contributed by atoms with van der Waals surface area (Å²) in [6.07, 6.45) is 2.17. The number of aromatic nitrogens is 4. The van der Waals surface area contributed by atoms with Crippen molar-refractivity contribution in [1.29, 1.82) is 5.26 Å². The van der Waals surface area contributed by atoms with E-state index in [1.807, 2.05) is 7.05 Å². The minimum atomic E-state index is 0.452. The lowest BCUT2D eigenvalue weighted by atomic mass is 10.2. The number of nitrogen functional groups attached to an aromatic ring is 1. The minimum absolute atomic E-state index is 0.452. The van der Waals surface area contributed by atoms with Gasteiger partial charge >= 0.3 is 0 Å². The number of fused-ring (bicyclic) bond motifs is 1. The Labute approximate surface area is 124 Å². The molecule has 0 amide bonds. The summed E-state index contributed by atoms with van der Waals surface area (Å²) in [7, 11) is 1.83. The van der Waals surface area contributed by atoms with E-state index in [4.69, 9.17) is 11.0 Å². The first-order valence-electron chi connectivity index (χ1n) is 7.04. The fourth-order valence-electron chi connectivity index (χ4n) is 2.32. The Hall–Kier alpha value is -2.20. The van der Waals surface area contributed by atoms with Gasteiger partial charge in [-0.25, -0.2) is 9.97 Å². The summed E-state index contributed by atoms with van der Waals surface area (Å²) in [4.78, 5) is 11.1. The molecule has 21 heavy (non-hydrogen) atoms. The monoisotopic (exact) mass is 287 g/mol. The number of hydrogen-bond donors (Lipinski definition) is 1. The summed E-state index contributed by atoms with van der Waals surface area (Å²) in [6, 6.07) is 2.18. The van der Waals surface area contributed by atoms with Crippen LogP contribution in [0, 0.1) is 17.2 Å². The molecule has 0 aliphatic heterocycles. The van der Waals surface area contributed by atoms with Crippen LogP contribution in [0.5, 0.6) is 0 Å². The van der Waals surface area contributed by atoms with Crippen LogP contribution in [-0.4, -0.2) is 37.7 Å². The SMILES string of the molecule is CC(C)CN(CCC#N)Cc1nc(N)c2cnn(C)c2n1. The van der Waals surface area contributed by atoms with Gasteiger partial charge in [0.2, 0.25) is 0 Å². The van der Waals surface area contributed by atoms with Crippen molar-refractivity contribution >= 4 is 16.9 Å². The van der Waals surface area contributed by atoms with Gasteiger partial charge in [0.15, 0.2) is 5.65 Å². The van der Waals surface area contributed by atoms with Gasteiger partial charge in [0.05, 0.1) is 24.2 Å². The number of nitriles is 1. The highest BCUT2D eigenvalue weighted by Gasteiger charge is 2.13. The van der Waals surface area contributed by atoms with Crippen molar-refractivity contribution < 1.29 is 0 Å². The van der Waals surface area contributed by atoms with Gasteiger partial charge < -0.3 is 5.73 Å². The van der Waals surface area contributed by atoms with Crippen LogP contribution in [0.3, 0.4) is 0 Å². The molecule has 0 atom stereocenters. The first-order valence-corrected chi connectivity index (χ1v) is 7.04. The Morgan fingerprint density at radius 3 is 2.86 bits per heavy atom. The average Bonchev–Trinajstić information content (AvgIpc) is 2.78. The number of aryl methyl sites for hydroxylation is 1. The molecular weight excluding hydrogens is 266 g/mol. The first kappa shape index (κ1) is 15.2. The van der Waals surface area contributed by atoms with Crippen molar-refractivity contribution in [3.63, 3.8) is 0 Å². The highest BCUT2D eigenvalue weighted by molar-refractivity contribution is 5.84. The molecule has 7 heteroatoms. The van der Waals surface area contributed by atoms with Crippen LogP contribution < -0.4 is 5.73 Å². The smallest absolute Gasteiger partial charge is 0.163 e. The molecule has 0 aliphatic carbocycles. The predicted octanol–water partition coefficient (Wildman–Crippen LogP) is 1.32. The van der Waals surface area contributed by atoms with E-state index in [1.54, 1.807) is 10.9 Å². The van der Waals surface area contributed by atoms with Gasteiger partial charge in [0.1, 0.15) is 11.6 Å². The number of rotatable bonds is 6. The van der Waals surface area contributed by atoms with E-state index in [9.17, 15) is 0 Å². The summed E-state index contributed by atoms with van der Waals surface area (Å²) in [5, 5.41) is 13.7. The molecule has 2 aromatic heterocycles. The van der Waals surface area contributed by atoms with Crippen LogP contribution in [0.15, 0.2) is 6.20 Å². The lowest BCUT2D eigenvalue weighted by molar-refractivity contribution is 0.236. The molecule has 0 saturated heterocycles. The van der Waals surface area contributed by atoms with Crippen molar-refractivity contribution in [3.05, 3.63) is 12.0 Å². The van der Waals surface area contributed by atoms with Crippen LogP contribution >= 0.6 is 0 Å². The van der Waals surface area contributed by atoms with Gasteiger partial charge in [-0.1, -0.05) is 13.8 Å². The number of nitrogens with zero attached hydrogens (tertiary/aromatic N) is 6. The molecule has 2 aromatic rings. The standard InChI is InChI=1S/C14H21N7/c1-10(2)8-21(6-4-5-15)9-12-18-13(16)11-7-17-20(3)14(11)19-12/h7,10H,4,6,8-9H2,1-3H3,(H2,16,18,19). The molecule has 0 spiro atoms. The second-order valence-electron chi connectivity index (χ2n) is 5.57. The third-order valence-corrected chi connectivity index (χ3v) is 3.20. The molecular formula is C14H21N7. The Bertz CT molecular complexity index is 653. The second-order valence-corrected chi connectivity index (χ2v) is 5.57. The lowest BCUT2D eigenvalue weighted by Crippen LogP contribution is -2.29. The minimum Gasteiger partial charge on any atom is -0.383 e. The molecule has 2 N–H and O–H groups in total. The zero-order valence-electron chi connectivity index (χ0n) is 12.7. The molecule has 2 rings (SSSR count). The van der Waals surface area contributed by atoms with Gasteiger partial charge in [-0.15, -0.1) is 0 Å². The van der Waals surface area contributed by atoms with E-state index < -0.39 is 0 Å². The molecule has 0 fully saturated rings. The molecule has 2 heterocycles. The van der Waals surface area contributed by atoms with Crippen LogP contribution in [0.1, 0.15) is 26.1 Å². The maximum atomic E-state index is 8.77. The summed E-state index contributed by atoms with van der Waals surface area (Å²) >= 11 is 0. The van der Waals surface area contributed by atoms with E-state index >= 15 is 0 Å². The zero-order chi connectivity index (χ0) is 15.4. The Balaban J connectivity index is 2.23. The van der Waals surface area contributed by atoms with E-state index in [0.717, 1.165) is 17.6 Å². The normalized spacial score (nSPS) is 11.4. The van der Waals surface area contributed by atoms with E-state index in [1.165, 1.54) is 0 Å². The lowest BCUT2D eigenvalue weighted by Gasteiger charge is -2.22. The van der Waals surface area contributed by atoms with E-state index in [-0.39, 0.29) is 0 Å². The second kappa shape index (κ2) is 6.50. The first-order chi connectivity index (χ1) is 10.0. The molecule has 112 valence electrons. The molecule has 7 nitrogen and oxygen atoms in total.